The van der Waals surface area contributed by atoms with Crippen LogP contribution in [0.3, 0.4) is 0 Å². The topological polar surface area (TPSA) is 58.2 Å². The Morgan fingerprint density at radius 3 is 2.77 bits per heavy atom. The molecule has 1 N–H and O–H groups in total. The van der Waals surface area contributed by atoms with Crippen molar-refractivity contribution in [2.24, 2.45) is 0 Å². The lowest BCUT2D eigenvalue weighted by Gasteiger charge is -2.26. The molecule has 0 aliphatic heterocycles. The molecule has 1 aromatic carbocycles. The molecule has 0 spiro atoms. The molecule has 0 bridgehead atoms. The number of ether oxygens (including phenoxy) is 1. The maximum atomic E-state index is 12.3. The number of rotatable bonds is 4. The van der Waals surface area contributed by atoms with Crippen LogP contribution in [0.25, 0.3) is 11.0 Å². The van der Waals surface area contributed by atoms with E-state index in [0.29, 0.717) is 13.1 Å². The van der Waals surface area contributed by atoms with Crippen LogP contribution in [0.15, 0.2) is 22.7 Å². The summed E-state index contributed by atoms with van der Waals surface area (Å²) < 4.78 is 6.45. The average molecular weight is 368 g/mol. The second-order valence-electron chi connectivity index (χ2n) is 6.25. The van der Waals surface area contributed by atoms with Gasteiger partial charge in [-0.05, 0) is 45.4 Å². The first-order chi connectivity index (χ1) is 10.3. The molecule has 2 rings (SSSR count). The standard InChI is InChI=1S/C16H22BrN3O2/c1-5-8-20(15(21)22-16(2,3)4)10-14-18-12-7-6-11(17)9-13(12)19-14/h6-7,9H,5,8,10H2,1-4H3,(H,18,19). The van der Waals surface area contributed by atoms with Crippen LogP contribution in [-0.4, -0.2) is 33.1 Å². The van der Waals surface area contributed by atoms with Gasteiger partial charge in [-0.25, -0.2) is 9.78 Å². The number of carbonyl (C=O) groups excluding carboxylic acids is 1. The largest absolute Gasteiger partial charge is 0.444 e. The summed E-state index contributed by atoms with van der Waals surface area (Å²) in [5.41, 5.74) is 1.34. The Balaban J connectivity index is 2.16. The zero-order valence-electron chi connectivity index (χ0n) is 13.4. The number of aromatic amines is 1. The van der Waals surface area contributed by atoms with Crippen LogP contribution in [0.1, 0.15) is 39.9 Å². The minimum absolute atomic E-state index is 0.309. The molecule has 120 valence electrons. The van der Waals surface area contributed by atoms with Crippen molar-refractivity contribution in [3.63, 3.8) is 0 Å². The van der Waals surface area contributed by atoms with Crippen LogP contribution in [0.5, 0.6) is 0 Å². The second kappa shape index (κ2) is 6.69. The highest BCUT2D eigenvalue weighted by atomic mass is 79.9. The number of imidazole rings is 1. The Morgan fingerprint density at radius 2 is 2.14 bits per heavy atom. The molecule has 1 aromatic heterocycles. The van der Waals surface area contributed by atoms with Gasteiger partial charge in [-0.15, -0.1) is 0 Å². The summed E-state index contributed by atoms with van der Waals surface area (Å²) in [7, 11) is 0. The summed E-state index contributed by atoms with van der Waals surface area (Å²) in [6.45, 7) is 8.69. The lowest BCUT2D eigenvalue weighted by Crippen LogP contribution is -2.37. The molecule has 6 heteroatoms. The van der Waals surface area contributed by atoms with Gasteiger partial charge in [0.2, 0.25) is 0 Å². The van der Waals surface area contributed by atoms with E-state index in [0.717, 1.165) is 27.8 Å². The SMILES string of the molecule is CCCN(Cc1nc2ccc(Br)cc2[nH]1)C(=O)OC(C)(C)C. The van der Waals surface area contributed by atoms with Crippen LogP contribution < -0.4 is 0 Å². The van der Waals surface area contributed by atoms with Gasteiger partial charge in [0.1, 0.15) is 11.4 Å². The highest BCUT2D eigenvalue weighted by Crippen LogP contribution is 2.19. The average Bonchev–Trinajstić information content (AvgIpc) is 2.77. The van der Waals surface area contributed by atoms with Gasteiger partial charge >= 0.3 is 6.09 Å². The first-order valence-electron chi connectivity index (χ1n) is 7.40. The summed E-state index contributed by atoms with van der Waals surface area (Å²) in [5, 5.41) is 0. The lowest BCUT2D eigenvalue weighted by molar-refractivity contribution is 0.0229. The fourth-order valence-electron chi connectivity index (χ4n) is 2.12. The van der Waals surface area contributed by atoms with Crippen LogP contribution in [-0.2, 0) is 11.3 Å². The first-order valence-corrected chi connectivity index (χ1v) is 8.20. The molecule has 1 heterocycles. The van der Waals surface area contributed by atoms with Crippen molar-refractivity contribution in [2.75, 3.05) is 6.54 Å². The van der Waals surface area contributed by atoms with Gasteiger partial charge in [-0.3, -0.25) is 0 Å². The molecule has 0 saturated heterocycles. The fraction of sp³-hybridized carbons (Fsp3) is 0.500. The molecular formula is C16H22BrN3O2. The third kappa shape index (κ3) is 4.47. The number of fused-ring (bicyclic) bond motifs is 1. The van der Waals surface area contributed by atoms with Gasteiger partial charge in [0.15, 0.2) is 0 Å². The number of benzene rings is 1. The van der Waals surface area contributed by atoms with Gasteiger partial charge in [-0.1, -0.05) is 22.9 Å². The van der Waals surface area contributed by atoms with Crippen molar-refractivity contribution in [3.8, 4) is 0 Å². The molecule has 0 unspecified atom stereocenters. The van der Waals surface area contributed by atoms with Crippen molar-refractivity contribution in [2.45, 2.75) is 46.3 Å². The van der Waals surface area contributed by atoms with Gasteiger partial charge in [0.05, 0.1) is 17.6 Å². The third-order valence-corrected chi connectivity index (χ3v) is 3.47. The number of aromatic nitrogens is 2. The Labute approximate surface area is 139 Å². The summed E-state index contributed by atoms with van der Waals surface area (Å²) in [6.07, 6.45) is 0.557. The van der Waals surface area contributed by atoms with E-state index in [1.54, 1.807) is 4.90 Å². The molecule has 0 aliphatic carbocycles. The highest BCUT2D eigenvalue weighted by molar-refractivity contribution is 9.10. The number of hydrogen-bond donors (Lipinski definition) is 1. The number of hydrogen-bond acceptors (Lipinski definition) is 3. The minimum Gasteiger partial charge on any atom is -0.444 e. The molecular weight excluding hydrogens is 346 g/mol. The van der Waals surface area contributed by atoms with Gasteiger partial charge in [0, 0.05) is 11.0 Å². The predicted octanol–water partition coefficient (Wildman–Crippen LogP) is 4.47. The number of nitrogens with one attached hydrogen (secondary N) is 1. The van der Waals surface area contributed by atoms with Crippen molar-refractivity contribution >= 4 is 33.1 Å². The lowest BCUT2D eigenvalue weighted by atomic mass is 10.2. The van der Waals surface area contributed by atoms with Crippen molar-refractivity contribution < 1.29 is 9.53 Å². The van der Waals surface area contributed by atoms with E-state index < -0.39 is 5.60 Å². The van der Waals surface area contributed by atoms with Gasteiger partial charge in [0.25, 0.3) is 0 Å². The number of amides is 1. The smallest absolute Gasteiger partial charge is 0.410 e. The number of halogens is 1. The minimum atomic E-state index is -0.498. The Kier molecular flexibility index (Phi) is 5.11. The van der Waals surface area contributed by atoms with Crippen LogP contribution >= 0.6 is 15.9 Å². The van der Waals surface area contributed by atoms with Gasteiger partial charge < -0.3 is 14.6 Å². The van der Waals surface area contributed by atoms with Crippen molar-refractivity contribution in [1.29, 1.82) is 0 Å². The summed E-state index contributed by atoms with van der Waals surface area (Å²) in [4.78, 5) is 21.7. The zero-order chi connectivity index (χ0) is 16.3. The molecule has 5 nitrogen and oxygen atoms in total. The van der Waals surface area contributed by atoms with E-state index >= 15 is 0 Å². The Hall–Kier alpha value is -1.56. The van der Waals surface area contributed by atoms with Crippen molar-refractivity contribution in [1.82, 2.24) is 14.9 Å². The number of nitrogens with zero attached hydrogens (tertiary/aromatic N) is 2. The molecule has 22 heavy (non-hydrogen) atoms. The quantitative estimate of drug-likeness (QED) is 0.866. The number of carbonyl (C=O) groups is 1. The molecule has 1 amide bonds. The Bertz CT molecular complexity index is 661. The van der Waals surface area contributed by atoms with E-state index in [1.165, 1.54) is 0 Å². The first kappa shape index (κ1) is 16.8. The molecule has 0 saturated carbocycles. The maximum absolute atomic E-state index is 12.3. The normalized spacial score (nSPS) is 11.7. The van der Waals surface area contributed by atoms with Crippen molar-refractivity contribution in [3.05, 3.63) is 28.5 Å². The molecule has 0 fully saturated rings. The molecule has 2 aromatic rings. The van der Waals surface area contributed by atoms with E-state index in [4.69, 9.17) is 4.74 Å². The summed E-state index contributed by atoms with van der Waals surface area (Å²) in [5.74, 6) is 0.757. The van der Waals surface area contributed by atoms with E-state index in [-0.39, 0.29) is 6.09 Å². The molecule has 0 atom stereocenters. The van der Waals surface area contributed by atoms with Gasteiger partial charge in [-0.2, -0.15) is 0 Å². The number of H-pyrrole nitrogens is 1. The third-order valence-electron chi connectivity index (χ3n) is 2.98. The predicted molar refractivity (Wildman–Crippen MR) is 90.7 cm³/mol. The maximum Gasteiger partial charge on any atom is 0.410 e. The van der Waals surface area contributed by atoms with Crippen LogP contribution in [0, 0.1) is 0 Å². The fourth-order valence-corrected chi connectivity index (χ4v) is 2.48. The second-order valence-corrected chi connectivity index (χ2v) is 7.16. The summed E-state index contributed by atoms with van der Waals surface area (Å²) in [6, 6.07) is 5.87. The summed E-state index contributed by atoms with van der Waals surface area (Å²) >= 11 is 3.44. The highest BCUT2D eigenvalue weighted by Gasteiger charge is 2.22. The zero-order valence-corrected chi connectivity index (χ0v) is 15.0. The van der Waals surface area contributed by atoms with E-state index in [1.807, 2.05) is 45.9 Å². The molecule has 0 aliphatic rings. The van der Waals surface area contributed by atoms with E-state index in [9.17, 15) is 4.79 Å². The Morgan fingerprint density at radius 1 is 1.41 bits per heavy atom. The van der Waals surface area contributed by atoms with Crippen LogP contribution in [0.2, 0.25) is 0 Å². The monoisotopic (exact) mass is 367 g/mol. The van der Waals surface area contributed by atoms with Crippen LogP contribution in [0.4, 0.5) is 4.79 Å². The molecule has 0 radical (unpaired) electrons. The van der Waals surface area contributed by atoms with E-state index in [2.05, 4.69) is 25.9 Å².